The van der Waals surface area contributed by atoms with Crippen LogP contribution in [0.3, 0.4) is 0 Å². The number of benzene rings is 2. The molecule has 2 aliphatic rings. The number of carbonyl (C=O) groups is 1. The number of amides is 2. The third-order valence-electron chi connectivity index (χ3n) is 8.48. The van der Waals surface area contributed by atoms with Crippen LogP contribution in [-0.2, 0) is 19.3 Å². The maximum Gasteiger partial charge on any atom is 0.416 e. The van der Waals surface area contributed by atoms with Crippen LogP contribution in [-0.4, -0.2) is 70.0 Å². The molecule has 0 bridgehead atoms. The zero-order valence-corrected chi connectivity index (χ0v) is 24.5. The number of pyridine rings is 1. The first-order valence-corrected chi connectivity index (χ1v) is 14.7. The number of urea groups is 1. The van der Waals surface area contributed by atoms with E-state index >= 15 is 4.39 Å². The van der Waals surface area contributed by atoms with Crippen LogP contribution < -0.4 is 10.1 Å². The van der Waals surface area contributed by atoms with E-state index in [1.807, 2.05) is 11.8 Å². The Kier molecular flexibility index (Phi) is 8.21. The molecule has 12 heteroatoms. The highest BCUT2D eigenvalue weighted by molar-refractivity contribution is 5.89. The molecule has 4 aromatic rings. The Labute approximate surface area is 252 Å². The summed E-state index contributed by atoms with van der Waals surface area (Å²) in [5.74, 6) is -0.290. The molecule has 1 unspecified atom stereocenters. The summed E-state index contributed by atoms with van der Waals surface area (Å²) >= 11 is 0. The van der Waals surface area contributed by atoms with Gasteiger partial charge in [0, 0.05) is 63.9 Å². The highest BCUT2D eigenvalue weighted by Gasteiger charge is 2.35. The summed E-state index contributed by atoms with van der Waals surface area (Å²) in [5.41, 5.74) is 1.55. The monoisotopic (exact) mass is 610 g/mol. The van der Waals surface area contributed by atoms with E-state index in [4.69, 9.17) is 4.74 Å². The van der Waals surface area contributed by atoms with Gasteiger partial charge in [0.25, 0.3) is 0 Å². The molecule has 0 radical (unpaired) electrons. The molecule has 1 fully saturated rings. The summed E-state index contributed by atoms with van der Waals surface area (Å²) < 4.78 is 63.4. The number of aromatic amines is 1. The van der Waals surface area contributed by atoms with E-state index in [1.165, 1.54) is 23.1 Å². The van der Waals surface area contributed by atoms with E-state index in [2.05, 4.69) is 27.1 Å². The van der Waals surface area contributed by atoms with Crippen LogP contribution in [0.15, 0.2) is 54.9 Å². The van der Waals surface area contributed by atoms with Crippen LogP contribution in [0.5, 0.6) is 11.5 Å². The average molecular weight is 611 g/mol. The lowest BCUT2D eigenvalue weighted by molar-refractivity contribution is -0.138. The Balaban J connectivity index is 1.18. The van der Waals surface area contributed by atoms with Crippen molar-refractivity contribution in [3.05, 3.63) is 82.9 Å². The minimum atomic E-state index is -4.57. The van der Waals surface area contributed by atoms with Gasteiger partial charge in [-0.05, 0) is 65.6 Å². The molecule has 0 spiro atoms. The van der Waals surface area contributed by atoms with Crippen molar-refractivity contribution < 1.29 is 27.1 Å². The topological polar surface area (TPSA) is 76.7 Å². The summed E-state index contributed by atoms with van der Waals surface area (Å²) in [6, 6.07) is 9.88. The summed E-state index contributed by atoms with van der Waals surface area (Å²) in [7, 11) is 0. The first-order valence-electron chi connectivity index (χ1n) is 14.7. The number of nitrogens with one attached hydrogen (secondary N) is 2. The van der Waals surface area contributed by atoms with Gasteiger partial charge in [0.1, 0.15) is 11.4 Å². The first-order chi connectivity index (χ1) is 21.1. The molecule has 1 atom stereocenters. The van der Waals surface area contributed by atoms with Crippen LogP contribution in [0, 0.1) is 5.82 Å². The largest absolute Gasteiger partial charge is 0.453 e. The average Bonchev–Trinajstić information content (AvgIpc) is 3.49. The summed E-state index contributed by atoms with van der Waals surface area (Å²) in [6.07, 6.45) is -1.30. The van der Waals surface area contributed by atoms with Crippen molar-refractivity contribution in [2.75, 3.05) is 44.6 Å². The van der Waals surface area contributed by atoms with E-state index in [0.717, 1.165) is 31.3 Å². The molecule has 2 aromatic carbocycles. The second-order valence-electron chi connectivity index (χ2n) is 11.4. The lowest BCUT2D eigenvalue weighted by Crippen LogP contribution is -2.45. The maximum absolute atomic E-state index is 15.1. The van der Waals surface area contributed by atoms with Crippen molar-refractivity contribution >= 4 is 22.8 Å². The summed E-state index contributed by atoms with van der Waals surface area (Å²) in [5, 5.41) is 3.35. The zero-order valence-electron chi connectivity index (χ0n) is 24.5. The number of hydrogen-bond acceptors (Lipinski definition) is 5. The highest BCUT2D eigenvalue weighted by atomic mass is 19.4. The maximum atomic E-state index is 15.1. The van der Waals surface area contributed by atoms with Crippen LogP contribution >= 0.6 is 0 Å². The van der Waals surface area contributed by atoms with Gasteiger partial charge in [-0.25, -0.2) is 14.2 Å². The van der Waals surface area contributed by atoms with Crippen molar-refractivity contribution in [1.29, 1.82) is 0 Å². The number of hydrogen-bond donors (Lipinski definition) is 2. The minimum Gasteiger partial charge on any atom is -0.453 e. The lowest BCUT2D eigenvalue weighted by Gasteiger charge is -2.34. The Morgan fingerprint density at radius 3 is 2.59 bits per heavy atom. The van der Waals surface area contributed by atoms with Gasteiger partial charge in [-0.3, -0.25) is 4.90 Å². The number of H-pyrrole nitrogens is 1. The third-order valence-corrected chi connectivity index (χ3v) is 8.48. The Morgan fingerprint density at radius 2 is 1.84 bits per heavy atom. The summed E-state index contributed by atoms with van der Waals surface area (Å²) in [4.78, 5) is 26.3. The molecule has 2 aromatic heterocycles. The molecule has 44 heavy (non-hydrogen) atoms. The highest BCUT2D eigenvalue weighted by Crippen LogP contribution is 2.37. The molecule has 0 saturated carbocycles. The number of fused-ring (bicyclic) bond motifs is 2. The standard InChI is InChI=1S/C32H34F4N6O2/c1-3-40-10-12-41(13-11-40)18-21-4-5-23(15-26(21)32(34,35)36)39-31(43)42-17-20(2)25-16-27(33)29(14-22(25)19-42)44-28-7-9-38-30-24(28)6-8-37-30/h4-9,14-16,20H,3,10-13,17-19H2,1-2H3,(H,37,38)(H,39,43). The number of likely N-dealkylation sites (N-methyl/N-ethyl adjacent to an activating group) is 1. The number of halogens is 4. The SMILES string of the molecule is CCN1CCN(Cc2ccc(NC(=O)N3Cc4cc(Oc5ccnc6[nH]ccc56)c(F)cc4C(C)C3)cc2C(F)(F)F)CC1. The van der Waals surface area contributed by atoms with Gasteiger partial charge in [0.2, 0.25) is 0 Å². The third kappa shape index (κ3) is 6.22. The minimum absolute atomic E-state index is 0.00780. The predicted molar refractivity (Wildman–Crippen MR) is 159 cm³/mol. The molecule has 2 aliphatic heterocycles. The van der Waals surface area contributed by atoms with Crippen molar-refractivity contribution in [3.8, 4) is 11.5 Å². The van der Waals surface area contributed by atoms with Crippen molar-refractivity contribution in [3.63, 3.8) is 0 Å². The quantitative estimate of drug-likeness (QED) is 0.235. The Hall–Kier alpha value is -4.16. The molecule has 0 aliphatic carbocycles. The van der Waals surface area contributed by atoms with Gasteiger partial charge in [-0.15, -0.1) is 0 Å². The molecule has 6 rings (SSSR count). The number of anilines is 1. The number of piperazine rings is 1. The second kappa shape index (κ2) is 12.1. The van der Waals surface area contributed by atoms with E-state index in [0.29, 0.717) is 35.4 Å². The second-order valence-corrected chi connectivity index (χ2v) is 11.4. The number of aromatic nitrogens is 2. The van der Waals surface area contributed by atoms with Crippen molar-refractivity contribution in [2.45, 2.75) is 39.0 Å². The van der Waals surface area contributed by atoms with Gasteiger partial charge >= 0.3 is 12.2 Å². The van der Waals surface area contributed by atoms with Crippen LogP contribution in [0.25, 0.3) is 11.0 Å². The number of rotatable bonds is 6. The Bertz CT molecular complexity index is 1660. The first kappa shape index (κ1) is 29.9. The molecular weight excluding hydrogens is 576 g/mol. The fraction of sp³-hybridized carbons (Fsp3) is 0.375. The van der Waals surface area contributed by atoms with Gasteiger partial charge in [0.05, 0.1) is 10.9 Å². The Morgan fingerprint density at radius 1 is 1.07 bits per heavy atom. The van der Waals surface area contributed by atoms with E-state index in [-0.39, 0.29) is 42.6 Å². The van der Waals surface area contributed by atoms with E-state index in [9.17, 15) is 18.0 Å². The number of ether oxygens (including phenoxy) is 1. The van der Waals surface area contributed by atoms with Crippen LogP contribution in [0.1, 0.15) is 42.0 Å². The van der Waals surface area contributed by atoms with Gasteiger partial charge < -0.3 is 24.8 Å². The van der Waals surface area contributed by atoms with Gasteiger partial charge in [-0.2, -0.15) is 13.2 Å². The lowest BCUT2D eigenvalue weighted by atomic mass is 9.91. The molecule has 232 valence electrons. The van der Waals surface area contributed by atoms with Gasteiger partial charge in [-0.1, -0.05) is 19.9 Å². The van der Waals surface area contributed by atoms with Crippen LogP contribution in [0.2, 0.25) is 0 Å². The van der Waals surface area contributed by atoms with Gasteiger partial charge in [0.15, 0.2) is 11.6 Å². The number of nitrogens with zero attached hydrogens (tertiary/aromatic N) is 4. The molecule has 1 saturated heterocycles. The van der Waals surface area contributed by atoms with Crippen molar-refractivity contribution in [1.82, 2.24) is 24.7 Å². The predicted octanol–water partition coefficient (Wildman–Crippen LogP) is 6.80. The summed E-state index contributed by atoms with van der Waals surface area (Å²) in [6.45, 7) is 8.54. The van der Waals surface area contributed by atoms with Crippen LogP contribution in [0.4, 0.5) is 28.0 Å². The molecule has 8 nitrogen and oxygen atoms in total. The number of alkyl halides is 3. The fourth-order valence-electron chi connectivity index (χ4n) is 6.04. The molecule has 4 heterocycles. The molecule has 2 N–H and O–H groups in total. The molecular formula is C32H34F4N6O2. The molecule has 2 amide bonds. The van der Waals surface area contributed by atoms with E-state index in [1.54, 1.807) is 30.6 Å². The van der Waals surface area contributed by atoms with Crippen molar-refractivity contribution in [2.24, 2.45) is 0 Å². The smallest absolute Gasteiger partial charge is 0.416 e. The zero-order chi connectivity index (χ0) is 31.0. The van der Waals surface area contributed by atoms with E-state index < -0.39 is 23.6 Å². The fourth-order valence-corrected chi connectivity index (χ4v) is 6.04. The normalized spacial score (nSPS) is 18.0. The number of carbonyl (C=O) groups excluding carboxylic acids is 1.